The normalized spacial score (nSPS) is 33.9. The molecule has 0 unspecified atom stereocenters. The summed E-state index contributed by atoms with van der Waals surface area (Å²) in [6.45, 7) is 5.77. The van der Waals surface area contributed by atoms with Gasteiger partial charge in [0.1, 0.15) is 5.78 Å². The SMILES string of the molecule is Cc1ccc(S(=O)(=O)O)c(CC(=O)[C@H]2CC[C@H]3[C@@H]4CCC5=CC(O)=C(O)C(=O)[C@]5(C)C4=CC[C@]23C)c1. The Labute approximate surface area is 211 Å². The van der Waals surface area contributed by atoms with Crippen LogP contribution in [0.4, 0.5) is 0 Å². The van der Waals surface area contributed by atoms with Crippen LogP contribution in [0.2, 0.25) is 0 Å². The molecule has 0 heterocycles. The van der Waals surface area contributed by atoms with E-state index in [1.165, 1.54) is 12.1 Å². The number of Topliss-reactive ketones (excluding diaryl/α,β-unsaturated/α-hetero) is 2. The molecule has 0 bridgehead atoms. The number of hydrogen-bond acceptors (Lipinski definition) is 6. The fraction of sp³-hybridized carbons (Fsp3) is 0.500. The van der Waals surface area contributed by atoms with Crippen molar-refractivity contribution in [2.24, 2.45) is 28.6 Å². The van der Waals surface area contributed by atoms with Crippen molar-refractivity contribution in [2.45, 2.75) is 64.2 Å². The lowest BCUT2D eigenvalue weighted by molar-refractivity contribution is -0.128. The van der Waals surface area contributed by atoms with Crippen molar-refractivity contribution in [3.63, 3.8) is 0 Å². The van der Waals surface area contributed by atoms with Crippen LogP contribution in [-0.4, -0.2) is 34.8 Å². The molecule has 4 aliphatic rings. The molecule has 0 aromatic heterocycles. The van der Waals surface area contributed by atoms with Crippen molar-refractivity contribution in [3.05, 3.63) is 64.1 Å². The minimum Gasteiger partial charge on any atom is -0.504 e. The standard InChI is InChI=1S/C28H32O7S/c1-15-4-9-24(36(33,34)35)16(12-15)13-22(29)21-8-7-19-18-6-5-17-14-23(30)25(31)26(32)28(17,3)20(18)10-11-27(19,21)2/h4,9-10,12,14,18-19,21,30-31H,5-8,11,13H2,1-3H3,(H,33,34,35)/t18-,19-,21+,27-,28-/m0/s1. The van der Waals surface area contributed by atoms with E-state index in [9.17, 15) is 32.8 Å². The lowest BCUT2D eigenvalue weighted by Gasteiger charge is -2.52. The third-order valence-electron chi connectivity index (χ3n) is 9.47. The van der Waals surface area contributed by atoms with E-state index < -0.39 is 27.1 Å². The summed E-state index contributed by atoms with van der Waals surface area (Å²) in [6, 6.07) is 4.59. The van der Waals surface area contributed by atoms with Gasteiger partial charge in [0.15, 0.2) is 5.76 Å². The number of carbonyl (C=O) groups is 2. The highest BCUT2D eigenvalue weighted by atomic mass is 32.2. The van der Waals surface area contributed by atoms with Gasteiger partial charge in [0.25, 0.3) is 10.1 Å². The summed E-state index contributed by atoms with van der Waals surface area (Å²) in [7, 11) is -4.45. The van der Waals surface area contributed by atoms with E-state index in [-0.39, 0.29) is 46.0 Å². The second-order valence-electron chi connectivity index (χ2n) is 11.3. The van der Waals surface area contributed by atoms with Gasteiger partial charge in [-0.05, 0) is 86.5 Å². The molecule has 0 amide bonds. The molecule has 1 aromatic carbocycles. The molecular formula is C28H32O7S. The van der Waals surface area contributed by atoms with Crippen molar-refractivity contribution in [1.82, 2.24) is 0 Å². The fourth-order valence-electron chi connectivity index (χ4n) is 7.61. The van der Waals surface area contributed by atoms with Gasteiger partial charge in [-0.2, -0.15) is 8.42 Å². The Hall–Kier alpha value is -2.71. The zero-order valence-corrected chi connectivity index (χ0v) is 21.6. The Morgan fingerprint density at radius 2 is 1.86 bits per heavy atom. The summed E-state index contributed by atoms with van der Waals surface area (Å²) in [6.07, 6.45) is 7.08. The third-order valence-corrected chi connectivity index (χ3v) is 10.4. The molecule has 7 nitrogen and oxygen atoms in total. The summed E-state index contributed by atoms with van der Waals surface area (Å²) in [5.74, 6) is -1.47. The minimum absolute atomic E-state index is 0.0331. The van der Waals surface area contributed by atoms with E-state index in [4.69, 9.17) is 0 Å². The van der Waals surface area contributed by atoms with E-state index in [0.717, 1.165) is 29.6 Å². The zero-order chi connectivity index (χ0) is 26.2. The highest BCUT2D eigenvalue weighted by Gasteiger charge is 2.59. The quantitative estimate of drug-likeness (QED) is 0.384. The predicted octanol–water partition coefficient (Wildman–Crippen LogP) is 4.97. The molecule has 2 fully saturated rings. The van der Waals surface area contributed by atoms with Crippen molar-refractivity contribution in [3.8, 4) is 0 Å². The largest absolute Gasteiger partial charge is 0.504 e. The Bertz CT molecular complexity index is 1380. The Morgan fingerprint density at radius 3 is 2.56 bits per heavy atom. The molecule has 3 N–H and O–H groups in total. The van der Waals surface area contributed by atoms with Gasteiger partial charge in [-0.3, -0.25) is 14.1 Å². The summed E-state index contributed by atoms with van der Waals surface area (Å²) in [5.41, 5.74) is 1.61. The summed E-state index contributed by atoms with van der Waals surface area (Å²) < 4.78 is 33.5. The van der Waals surface area contributed by atoms with Gasteiger partial charge >= 0.3 is 0 Å². The van der Waals surface area contributed by atoms with Crippen LogP contribution in [0, 0.1) is 35.5 Å². The first kappa shape index (κ1) is 25.0. The van der Waals surface area contributed by atoms with Gasteiger partial charge in [-0.1, -0.05) is 36.3 Å². The minimum atomic E-state index is -4.45. The van der Waals surface area contributed by atoms with Crippen molar-refractivity contribution >= 4 is 21.7 Å². The van der Waals surface area contributed by atoms with Crippen molar-refractivity contribution in [1.29, 1.82) is 0 Å². The summed E-state index contributed by atoms with van der Waals surface area (Å²) in [5, 5.41) is 20.3. The maximum Gasteiger partial charge on any atom is 0.294 e. The van der Waals surface area contributed by atoms with Gasteiger partial charge in [0, 0.05) is 12.3 Å². The van der Waals surface area contributed by atoms with Crippen LogP contribution >= 0.6 is 0 Å². The second-order valence-corrected chi connectivity index (χ2v) is 12.7. The number of ketones is 2. The van der Waals surface area contributed by atoms with Gasteiger partial charge in [-0.25, -0.2) is 0 Å². The predicted molar refractivity (Wildman–Crippen MR) is 133 cm³/mol. The Balaban J connectivity index is 1.46. The highest BCUT2D eigenvalue weighted by Crippen LogP contribution is 2.64. The average molecular weight is 513 g/mol. The molecule has 1 aromatic rings. The smallest absolute Gasteiger partial charge is 0.294 e. The molecule has 36 heavy (non-hydrogen) atoms. The molecule has 0 radical (unpaired) electrons. The number of hydrogen-bond donors (Lipinski definition) is 3. The second kappa shape index (κ2) is 8.15. The molecule has 4 aliphatic carbocycles. The van der Waals surface area contributed by atoms with Crippen LogP contribution in [0.1, 0.15) is 57.1 Å². The molecule has 8 heteroatoms. The first-order valence-electron chi connectivity index (χ1n) is 12.5. The molecule has 0 saturated heterocycles. The first-order chi connectivity index (χ1) is 16.8. The van der Waals surface area contributed by atoms with Gasteiger partial charge < -0.3 is 10.2 Å². The molecule has 5 rings (SSSR count). The van der Waals surface area contributed by atoms with Crippen LogP contribution in [-0.2, 0) is 26.1 Å². The molecule has 5 atom stereocenters. The van der Waals surface area contributed by atoms with Crippen LogP contribution in [0.3, 0.4) is 0 Å². The number of benzene rings is 1. The van der Waals surface area contributed by atoms with Gasteiger partial charge in [0.05, 0.1) is 10.3 Å². The number of fused-ring (bicyclic) bond motifs is 5. The fourth-order valence-corrected chi connectivity index (χ4v) is 8.31. The maximum absolute atomic E-state index is 13.6. The molecule has 0 spiro atoms. The molecule has 192 valence electrons. The van der Waals surface area contributed by atoms with Crippen LogP contribution in [0.5, 0.6) is 0 Å². The monoisotopic (exact) mass is 512 g/mol. The lowest BCUT2D eigenvalue weighted by Crippen LogP contribution is -2.48. The molecular weight excluding hydrogens is 480 g/mol. The Kier molecular flexibility index (Phi) is 5.65. The van der Waals surface area contributed by atoms with Crippen molar-refractivity contribution < 1.29 is 32.8 Å². The number of rotatable bonds is 4. The van der Waals surface area contributed by atoms with Crippen LogP contribution < -0.4 is 0 Å². The topological polar surface area (TPSA) is 129 Å². The van der Waals surface area contributed by atoms with Gasteiger partial charge in [0.2, 0.25) is 11.5 Å². The van der Waals surface area contributed by atoms with Crippen LogP contribution in [0.15, 0.2) is 57.9 Å². The maximum atomic E-state index is 13.6. The molecule has 0 aliphatic heterocycles. The number of allylic oxidation sites excluding steroid dienone is 5. The van der Waals surface area contributed by atoms with Gasteiger partial charge in [-0.15, -0.1) is 0 Å². The number of carbonyl (C=O) groups excluding carboxylic acids is 2. The summed E-state index contributed by atoms with van der Waals surface area (Å²) in [4.78, 5) is 26.6. The highest BCUT2D eigenvalue weighted by molar-refractivity contribution is 7.85. The third kappa shape index (κ3) is 3.52. The average Bonchev–Trinajstić information content (AvgIpc) is 3.15. The van der Waals surface area contributed by atoms with Crippen molar-refractivity contribution in [2.75, 3.05) is 0 Å². The zero-order valence-electron chi connectivity index (χ0n) is 20.7. The van der Waals surface area contributed by atoms with E-state index in [0.29, 0.717) is 24.8 Å². The lowest BCUT2D eigenvalue weighted by atomic mass is 9.51. The number of aryl methyl sites for hydroxylation is 1. The van der Waals surface area contributed by atoms with E-state index in [1.807, 2.05) is 13.8 Å². The van der Waals surface area contributed by atoms with E-state index in [1.54, 1.807) is 12.1 Å². The summed E-state index contributed by atoms with van der Waals surface area (Å²) >= 11 is 0. The number of aliphatic hydroxyl groups is 2. The van der Waals surface area contributed by atoms with E-state index >= 15 is 0 Å². The van der Waals surface area contributed by atoms with E-state index in [2.05, 4.69) is 13.0 Å². The van der Waals surface area contributed by atoms with Crippen LogP contribution in [0.25, 0.3) is 0 Å². The number of aliphatic hydroxyl groups excluding tert-OH is 2. The molecule has 2 saturated carbocycles. The first-order valence-corrected chi connectivity index (χ1v) is 13.9. The Morgan fingerprint density at radius 1 is 1.14 bits per heavy atom.